The Hall–Kier alpha value is -1.89. The summed E-state index contributed by atoms with van der Waals surface area (Å²) in [6, 6.07) is 1.19. The summed E-state index contributed by atoms with van der Waals surface area (Å²) in [5.41, 5.74) is 4.63. The molecule has 0 amide bonds. The second-order valence-electron chi connectivity index (χ2n) is 3.52. The lowest BCUT2D eigenvalue weighted by molar-refractivity contribution is 0.728. The number of H-pyrrole nitrogens is 1. The highest BCUT2D eigenvalue weighted by Gasteiger charge is 2.06. The quantitative estimate of drug-likeness (QED) is 0.815. The van der Waals surface area contributed by atoms with Crippen molar-refractivity contribution in [2.75, 3.05) is 5.73 Å². The number of hydrogen-bond donors (Lipinski definition) is 2. The van der Waals surface area contributed by atoms with Crippen molar-refractivity contribution in [2.24, 2.45) is 0 Å². The zero-order valence-corrected chi connectivity index (χ0v) is 10.1. The van der Waals surface area contributed by atoms with E-state index in [4.69, 9.17) is 5.73 Å². The molecule has 0 saturated carbocycles. The van der Waals surface area contributed by atoms with E-state index in [-0.39, 0.29) is 12.4 Å². The molecule has 0 atom stereocenters. The first-order chi connectivity index (χ1) is 8.10. The van der Waals surface area contributed by atoms with Gasteiger partial charge in [0.2, 0.25) is 0 Å². The molecule has 6 nitrogen and oxygen atoms in total. The zero-order chi connectivity index (χ0) is 12.4. The smallest absolute Gasteiger partial charge is 0.330 e. The van der Waals surface area contributed by atoms with Crippen LogP contribution in [-0.4, -0.2) is 14.5 Å². The van der Waals surface area contributed by atoms with E-state index in [2.05, 4.69) is 9.97 Å². The van der Waals surface area contributed by atoms with Crippen LogP contribution in [0.5, 0.6) is 0 Å². The molecule has 2 aromatic rings. The first-order valence-electron chi connectivity index (χ1n) is 5.13. The van der Waals surface area contributed by atoms with E-state index >= 15 is 0 Å². The first-order valence-corrected chi connectivity index (χ1v) is 5.95. The van der Waals surface area contributed by atoms with Gasteiger partial charge in [-0.25, -0.2) is 9.78 Å². The van der Waals surface area contributed by atoms with Crippen LogP contribution in [0, 0.1) is 0 Å². The highest BCUT2D eigenvalue weighted by Crippen LogP contribution is 2.14. The average Bonchev–Trinajstić information content (AvgIpc) is 2.71. The molecule has 0 radical (unpaired) electrons. The molecule has 2 rings (SSSR count). The van der Waals surface area contributed by atoms with Gasteiger partial charge in [-0.15, -0.1) is 11.3 Å². The first kappa shape index (κ1) is 11.6. The maximum absolute atomic E-state index is 11.5. The summed E-state index contributed by atoms with van der Waals surface area (Å²) in [5, 5.41) is 0.794. The van der Waals surface area contributed by atoms with Crippen LogP contribution in [-0.2, 0) is 13.0 Å². The van der Waals surface area contributed by atoms with Crippen LogP contribution in [0.3, 0.4) is 0 Å². The molecular weight excluding hydrogens is 240 g/mol. The van der Waals surface area contributed by atoms with Crippen molar-refractivity contribution in [3.63, 3.8) is 0 Å². The second-order valence-corrected chi connectivity index (χ2v) is 4.72. The average molecular weight is 252 g/mol. The van der Waals surface area contributed by atoms with Crippen molar-refractivity contribution in [2.45, 2.75) is 19.9 Å². The fraction of sp³-hybridized carbons (Fsp3) is 0.300. The van der Waals surface area contributed by atoms with Crippen molar-refractivity contribution >= 4 is 17.2 Å². The Balaban J connectivity index is 2.36. The number of rotatable bonds is 3. The van der Waals surface area contributed by atoms with Crippen molar-refractivity contribution in [3.8, 4) is 0 Å². The summed E-state index contributed by atoms with van der Waals surface area (Å²) < 4.78 is 1.29. The van der Waals surface area contributed by atoms with Crippen LogP contribution in [0.25, 0.3) is 0 Å². The number of aromatic nitrogens is 3. The SMILES string of the molecule is CCc1cnc(Cn2c(N)cc(=O)[nH]c2=O)s1. The minimum atomic E-state index is -0.511. The molecule has 0 aliphatic heterocycles. The number of nitrogens with one attached hydrogen (secondary N) is 1. The number of nitrogens with zero attached hydrogens (tertiary/aromatic N) is 2. The van der Waals surface area contributed by atoms with Crippen molar-refractivity contribution in [1.29, 1.82) is 0 Å². The molecule has 0 fully saturated rings. The molecule has 2 aromatic heterocycles. The van der Waals surface area contributed by atoms with E-state index < -0.39 is 11.2 Å². The van der Waals surface area contributed by atoms with Gasteiger partial charge in [0.05, 0.1) is 6.54 Å². The van der Waals surface area contributed by atoms with E-state index in [0.717, 1.165) is 16.3 Å². The van der Waals surface area contributed by atoms with Crippen LogP contribution in [0.4, 0.5) is 5.82 Å². The Bertz CT molecular complexity index is 640. The van der Waals surface area contributed by atoms with Crippen LogP contribution in [0.15, 0.2) is 21.9 Å². The standard InChI is InChI=1S/C10H12N4O2S/c1-2-6-4-12-9(17-6)5-14-7(11)3-8(15)13-10(14)16/h3-4H,2,5,11H2,1H3,(H,13,15,16). The number of aryl methyl sites for hydroxylation is 1. The Labute approximate surface area is 101 Å². The molecule has 90 valence electrons. The molecule has 0 unspecified atom stereocenters. The minimum absolute atomic E-state index is 0.145. The molecule has 3 N–H and O–H groups in total. The van der Waals surface area contributed by atoms with Crippen LogP contribution < -0.4 is 17.0 Å². The molecule has 0 saturated heterocycles. The summed E-state index contributed by atoms with van der Waals surface area (Å²) in [7, 11) is 0. The van der Waals surface area contributed by atoms with E-state index in [1.54, 1.807) is 6.20 Å². The molecule has 17 heavy (non-hydrogen) atoms. The van der Waals surface area contributed by atoms with Gasteiger partial charge in [0.1, 0.15) is 10.8 Å². The number of nitrogens with two attached hydrogens (primary N) is 1. The predicted molar refractivity (Wildman–Crippen MR) is 66.3 cm³/mol. The number of anilines is 1. The summed E-state index contributed by atoms with van der Waals surface area (Å²) in [6.07, 6.45) is 2.70. The van der Waals surface area contributed by atoms with E-state index in [1.165, 1.54) is 22.0 Å². The maximum Gasteiger partial charge on any atom is 0.330 e. The van der Waals surface area contributed by atoms with Gasteiger partial charge in [-0.3, -0.25) is 14.3 Å². The lowest BCUT2D eigenvalue weighted by Gasteiger charge is -2.05. The fourth-order valence-electron chi connectivity index (χ4n) is 1.42. The van der Waals surface area contributed by atoms with E-state index in [1.807, 2.05) is 6.92 Å². The van der Waals surface area contributed by atoms with Gasteiger partial charge >= 0.3 is 5.69 Å². The zero-order valence-electron chi connectivity index (χ0n) is 9.27. The molecular formula is C10H12N4O2S. The third kappa shape index (κ3) is 2.44. The Kier molecular flexibility index (Phi) is 3.10. The summed E-state index contributed by atoms with van der Waals surface area (Å²) >= 11 is 1.53. The van der Waals surface area contributed by atoms with Gasteiger partial charge in [-0.1, -0.05) is 6.92 Å². The highest BCUT2D eigenvalue weighted by molar-refractivity contribution is 7.11. The maximum atomic E-state index is 11.5. The van der Waals surface area contributed by atoms with Crippen LogP contribution in [0.2, 0.25) is 0 Å². The fourth-order valence-corrected chi connectivity index (χ4v) is 2.27. The normalized spacial score (nSPS) is 10.6. The van der Waals surface area contributed by atoms with Crippen molar-refractivity contribution < 1.29 is 0 Å². The molecule has 0 spiro atoms. The van der Waals surface area contributed by atoms with Gasteiger partial charge in [0.15, 0.2) is 0 Å². The van der Waals surface area contributed by atoms with Crippen molar-refractivity contribution in [3.05, 3.63) is 43.0 Å². The summed E-state index contributed by atoms with van der Waals surface area (Å²) in [6.45, 7) is 2.32. The second kappa shape index (κ2) is 4.54. The molecule has 0 aromatic carbocycles. The highest BCUT2D eigenvalue weighted by atomic mass is 32.1. The largest absolute Gasteiger partial charge is 0.385 e. The Morgan fingerprint density at radius 3 is 2.88 bits per heavy atom. The number of hydrogen-bond acceptors (Lipinski definition) is 5. The number of aromatic amines is 1. The van der Waals surface area contributed by atoms with Crippen molar-refractivity contribution in [1.82, 2.24) is 14.5 Å². The summed E-state index contributed by atoms with van der Waals surface area (Å²) in [5.74, 6) is 0.145. The van der Waals surface area contributed by atoms with Gasteiger partial charge in [0, 0.05) is 17.1 Å². The van der Waals surface area contributed by atoms with Crippen LogP contribution in [0.1, 0.15) is 16.8 Å². The van der Waals surface area contributed by atoms with E-state index in [9.17, 15) is 9.59 Å². The topological polar surface area (TPSA) is 93.8 Å². The molecule has 0 bridgehead atoms. The molecule has 2 heterocycles. The van der Waals surface area contributed by atoms with Gasteiger partial charge < -0.3 is 5.73 Å². The lowest BCUT2D eigenvalue weighted by Crippen LogP contribution is -2.31. The molecule has 7 heteroatoms. The third-order valence-corrected chi connectivity index (χ3v) is 3.44. The molecule has 0 aliphatic rings. The molecule has 0 aliphatic carbocycles. The Morgan fingerprint density at radius 1 is 1.53 bits per heavy atom. The minimum Gasteiger partial charge on any atom is -0.385 e. The van der Waals surface area contributed by atoms with Gasteiger partial charge in [0.25, 0.3) is 5.56 Å². The third-order valence-electron chi connectivity index (χ3n) is 2.31. The van der Waals surface area contributed by atoms with Gasteiger partial charge in [-0.2, -0.15) is 0 Å². The monoisotopic (exact) mass is 252 g/mol. The Morgan fingerprint density at radius 2 is 2.29 bits per heavy atom. The summed E-state index contributed by atoms with van der Waals surface area (Å²) in [4.78, 5) is 30.1. The number of nitrogen functional groups attached to an aromatic ring is 1. The van der Waals surface area contributed by atoms with Gasteiger partial charge in [-0.05, 0) is 6.42 Å². The van der Waals surface area contributed by atoms with E-state index in [0.29, 0.717) is 0 Å². The van der Waals surface area contributed by atoms with Crippen LogP contribution >= 0.6 is 11.3 Å². The lowest BCUT2D eigenvalue weighted by atomic mass is 10.4. The number of thiazole rings is 1. The predicted octanol–water partition coefficient (Wildman–Crippen LogP) is 0.186.